The van der Waals surface area contributed by atoms with Crippen LogP contribution in [-0.4, -0.2) is 19.2 Å². The van der Waals surface area contributed by atoms with Gasteiger partial charge in [-0.2, -0.15) is 5.10 Å². The van der Waals surface area contributed by atoms with Crippen molar-refractivity contribution in [3.8, 4) is 0 Å². The van der Waals surface area contributed by atoms with Gasteiger partial charge in [-0.25, -0.2) is 5.43 Å². The average Bonchev–Trinajstić information content (AvgIpc) is 2.51. The van der Waals surface area contributed by atoms with Crippen molar-refractivity contribution in [3.63, 3.8) is 0 Å². The Morgan fingerprint density at radius 3 is 2.48 bits per heavy atom. The van der Waals surface area contributed by atoms with E-state index in [1.807, 2.05) is 54.6 Å². The van der Waals surface area contributed by atoms with Crippen molar-refractivity contribution < 1.29 is 9.53 Å². The predicted octanol–water partition coefficient (Wildman–Crippen LogP) is 3.29. The van der Waals surface area contributed by atoms with Crippen LogP contribution in [-0.2, 0) is 9.53 Å². The fraction of sp³-hybridized carbons (Fsp3) is 0.125. The van der Waals surface area contributed by atoms with Crippen LogP contribution >= 0.6 is 15.9 Å². The summed E-state index contributed by atoms with van der Waals surface area (Å²) in [6, 6.07) is 16.9. The number of hydrazone groups is 1. The normalized spacial score (nSPS) is 12.3. The zero-order valence-electron chi connectivity index (χ0n) is 11.5. The molecule has 0 aromatic heterocycles. The molecule has 2 aromatic rings. The topological polar surface area (TPSA) is 50.7 Å². The first kappa shape index (κ1) is 15.4. The molecule has 2 aromatic carbocycles. The Hall–Kier alpha value is -1.98. The van der Waals surface area contributed by atoms with E-state index >= 15 is 0 Å². The van der Waals surface area contributed by atoms with E-state index in [0.29, 0.717) is 0 Å². The molecule has 5 heteroatoms. The van der Waals surface area contributed by atoms with Gasteiger partial charge in [0, 0.05) is 11.6 Å². The molecule has 1 unspecified atom stereocenters. The van der Waals surface area contributed by atoms with Crippen LogP contribution in [0.25, 0.3) is 0 Å². The third-order valence-corrected chi connectivity index (χ3v) is 3.36. The van der Waals surface area contributed by atoms with Crippen LogP contribution in [0.2, 0.25) is 0 Å². The van der Waals surface area contributed by atoms with Crippen LogP contribution < -0.4 is 5.43 Å². The Kier molecular flexibility index (Phi) is 5.66. The predicted molar refractivity (Wildman–Crippen MR) is 86.1 cm³/mol. The van der Waals surface area contributed by atoms with Gasteiger partial charge in [-0.05, 0) is 23.3 Å². The number of carbonyl (C=O) groups excluding carboxylic acids is 1. The van der Waals surface area contributed by atoms with E-state index in [-0.39, 0.29) is 5.91 Å². The van der Waals surface area contributed by atoms with Crippen LogP contribution in [0.1, 0.15) is 17.2 Å². The highest BCUT2D eigenvalue weighted by atomic mass is 79.9. The number of nitrogens with zero attached hydrogens (tertiary/aromatic N) is 1. The summed E-state index contributed by atoms with van der Waals surface area (Å²) in [4.78, 5) is 12.1. The molecule has 0 saturated heterocycles. The Morgan fingerprint density at radius 1 is 1.19 bits per heavy atom. The van der Waals surface area contributed by atoms with Crippen LogP contribution in [0.4, 0.5) is 0 Å². The summed E-state index contributed by atoms with van der Waals surface area (Å²) >= 11 is 3.36. The van der Waals surface area contributed by atoms with E-state index in [0.717, 1.165) is 15.6 Å². The molecule has 0 aliphatic rings. The van der Waals surface area contributed by atoms with E-state index < -0.39 is 6.10 Å². The van der Waals surface area contributed by atoms with E-state index in [1.165, 1.54) is 7.11 Å². The maximum absolute atomic E-state index is 12.1. The van der Waals surface area contributed by atoms with Gasteiger partial charge < -0.3 is 4.74 Å². The number of methoxy groups -OCH3 is 1. The average molecular weight is 347 g/mol. The Balaban J connectivity index is 1.98. The van der Waals surface area contributed by atoms with Crippen molar-refractivity contribution in [1.29, 1.82) is 0 Å². The van der Waals surface area contributed by atoms with Crippen molar-refractivity contribution in [2.45, 2.75) is 6.10 Å². The number of hydrogen-bond acceptors (Lipinski definition) is 3. The van der Waals surface area contributed by atoms with E-state index in [2.05, 4.69) is 26.5 Å². The Morgan fingerprint density at radius 2 is 1.86 bits per heavy atom. The van der Waals surface area contributed by atoms with E-state index in [1.54, 1.807) is 6.21 Å². The molecule has 0 fully saturated rings. The maximum atomic E-state index is 12.1. The summed E-state index contributed by atoms with van der Waals surface area (Å²) in [5, 5.41) is 3.95. The summed E-state index contributed by atoms with van der Waals surface area (Å²) in [5.41, 5.74) is 4.17. The zero-order chi connectivity index (χ0) is 15.1. The molecule has 0 bridgehead atoms. The highest BCUT2D eigenvalue weighted by Gasteiger charge is 2.18. The molecule has 0 radical (unpaired) electrons. The second-order valence-electron chi connectivity index (χ2n) is 4.31. The molecule has 1 amide bonds. The lowest BCUT2D eigenvalue weighted by atomic mass is 10.1. The van der Waals surface area contributed by atoms with Gasteiger partial charge in [-0.15, -0.1) is 0 Å². The smallest absolute Gasteiger partial charge is 0.273 e. The number of amides is 1. The molecule has 2 rings (SSSR count). The summed E-state index contributed by atoms with van der Waals surface area (Å²) in [6.45, 7) is 0. The molecular weight excluding hydrogens is 332 g/mol. The standard InChI is InChI=1S/C16H15BrN2O2/c1-21-15(13-5-3-2-4-6-13)16(20)19-18-11-12-7-9-14(17)10-8-12/h2-11,15H,1H3,(H,19,20)/b18-11+. The monoisotopic (exact) mass is 346 g/mol. The molecule has 0 aliphatic heterocycles. The Labute approximate surface area is 132 Å². The minimum Gasteiger partial charge on any atom is -0.367 e. The van der Waals surface area contributed by atoms with Crippen molar-refractivity contribution in [2.75, 3.05) is 7.11 Å². The fourth-order valence-corrected chi connectivity index (χ4v) is 2.06. The number of rotatable bonds is 5. The Bertz CT molecular complexity index is 612. The first-order valence-corrected chi connectivity index (χ1v) is 7.16. The number of halogens is 1. The summed E-state index contributed by atoms with van der Waals surface area (Å²) in [6.07, 6.45) is 0.912. The second-order valence-corrected chi connectivity index (χ2v) is 5.23. The van der Waals surface area contributed by atoms with Gasteiger partial charge in [0.25, 0.3) is 5.91 Å². The van der Waals surface area contributed by atoms with E-state index in [9.17, 15) is 4.79 Å². The molecule has 0 heterocycles. The molecule has 0 aliphatic carbocycles. The number of hydrogen-bond donors (Lipinski definition) is 1. The fourth-order valence-electron chi connectivity index (χ4n) is 1.80. The molecule has 0 saturated carbocycles. The van der Waals surface area contributed by atoms with Gasteiger partial charge in [0.15, 0.2) is 6.10 Å². The minimum atomic E-state index is -0.673. The van der Waals surface area contributed by atoms with E-state index in [4.69, 9.17) is 4.74 Å². The van der Waals surface area contributed by atoms with Gasteiger partial charge in [0.05, 0.1) is 6.21 Å². The molecule has 1 atom stereocenters. The lowest BCUT2D eigenvalue weighted by molar-refractivity contribution is -0.131. The number of benzene rings is 2. The van der Waals surface area contributed by atoms with Crippen LogP contribution in [0.15, 0.2) is 64.2 Å². The van der Waals surface area contributed by atoms with Crippen LogP contribution in [0.5, 0.6) is 0 Å². The maximum Gasteiger partial charge on any atom is 0.273 e. The molecule has 108 valence electrons. The SMILES string of the molecule is COC(C(=O)N/N=C/c1ccc(Br)cc1)c1ccccc1. The van der Waals surface area contributed by atoms with Gasteiger partial charge in [0.2, 0.25) is 0 Å². The lowest BCUT2D eigenvalue weighted by Crippen LogP contribution is -2.26. The molecular formula is C16H15BrN2O2. The summed E-state index contributed by atoms with van der Waals surface area (Å²) < 4.78 is 6.22. The lowest BCUT2D eigenvalue weighted by Gasteiger charge is -2.13. The summed E-state index contributed by atoms with van der Waals surface area (Å²) in [7, 11) is 1.50. The van der Waals surface area contributed by atoms with Crippen molar-refractivity contribution in [1.82, 2.24) is 5.43 Å². The minimum absolute atomic E-state index is 0.308. The third-order valence-electron chi connectivity index (χ3n) is 2.83. The van der Waals surface area contributed by atoms with Gasteiger partial charge in [-0.3, -0.25) is 4.79 Å². The van der Waals surface area contributed by atoms with Crippen molar-refractivity contribution in [3.05, 3.63) is 70.2 Å². The van der Waals surface area contributed by atoms with Crippen molar-refractivity contribution in [2.24, 2.45) is 5.10 Å². The second kappa shape index (κ2) is 7.71. The first-order chi connectivity index (χ1) is 10.2. The molecule has 21 heavy (non-hydrogen) atoms. The van der Waals surface area contributed by atoms with Crippen LogP contribution in [0, 0.1) is 0 Å². The number of carbonyl (C=O) groups is 1. The van der Waals surface area contributed by atoms with Gasteiger partial charge in [0.1, 0.15) is 0 Å². The zero-order valence-corrected chi connectivity index (χ0v) is 13.1. The van der Waals surface area contributed by atoms with Crippen molar-refractivity contribution >= 4 is 28.1 Å². The quantitative estimate of drug-likeness (QED) is 0.667. The van der Waals surface area contributed by atoms with Gasteiger partial charge in [-0.1, -0.05) is 58.4 Å². The number of nitrogens with one attached hydrogen (secondary N) is 1. The largest absolute Gasteiger partial charge is 0.367 e. The third kappa shape index (κ3) is 4.51. The summed E-state index contributed by atoms with van der Waals surface area (Å²) in [5.74, 6) is -0.308. The van der Waals surface area contributed by atoms with Gasteiger partial charge >= 0.3 is 0 Å². The highest BCUT2D eigenvalue weighted by Crippen LogP contribution is 2.16. The number of ether oxygens (including phenoxy) is 1. The first-order valence-electron chi connectivity index (χ1n) is 6.37. The molecule has 0 spiro atoms. The van der Waals surface area contributed by atoms with Crippen LogP contribution in [0.3, 0.4) is 0 Å². The molecule has 4 nitrogen and oxygen atoms in total. The highest BCUT2D eigenvalue weighted by molar-refractivity contribution is 9.10. The molecule has 1 N–H and O–H groups in total.